The van der Waals surface area contributed by atoms with Crippen molar-refractivity contribution in [3.8, 4) is 0 Å². The van der Waals surface area contributed by atoms with E-state index in [2.05, 4.69) is 54.6 Å². The predicted molar refractivity (Wildman–Crippen MR) is 83.9 cm³/mol. The Balaban J connectivity index is 2.19. The molecule has 3 nitrogen and oxygen atoms in total. The minimum Gasteiger partial charge on any atom is -0.310 e. The van der Waals surface area contributed by atoms with Crippen LogP contribution in [-0.2, 0) is 19.9 Å². The molecule has 0 saturated heterocycles. The Morgan fingerprint density at radius 2 is 1.90 bits per heavy atom. The van der Waals surface area contributed by atoms with Crippen LogP contribution in [0, 0.1) is 6.92 Å². The van der Waals surface area contributed by atoms with E-state index in [1.54, 1.807) is 0 Å². The third kappa shape index (κ3) is 3.48. The average molecular weight is 271 g/mol. The van der Waals surface area contributed by atoms with Crippen molar-refractivity contribution in [2.24, 2.45) is 7.05 Å². The Kier molecular flexibility index (Phi) is 4.96. The normalized spacial score (nSPS) is 12.6. The van der Waals surface area contributed by atoms with E-state index in [4.69, 9.17) is 0 Å². The lowest BCUT2D eigenvalue weighted by Gasteiger charge is -2.19. The van der Waals surface area contributed by atoms with Gasteiger partial charge in [0.25, 0.3) is 0 Å². The van der Waals surface area contributed by atoms with Gasteiger partial charge in [0, 0.05) is 25.2 Å². The van der Waals surface area contributed by atoms with Gasteiger partial charge in [0.2, 0.25) is 0 Å². The predicted octanol–water partition coefficient (Wildman–Crippen LogP) is 3.18. The Morgan fingerprint density at radius 3 is 2.40 bits per heavy atom. The summed E-state index contributed by atoms with van der Waals surface area (Å²) in [5.74, 6) is 0. The number of benzene rings is 1. The summed E-state index contributed by atoms with van der Waals surface area (Å²) in [5.41, 5.74) is 5.09. The molecule has 0 aliphatic rings. The van der Waals surface area contributed by atoms with Gasteiger partial charge in [-0.15, -0.1) is 0 Å². The minimum absolute atomic E-state index is 0.348. The van der Waals surface area contributed by atoms with Gasteiger partial charge in [-0.2, -0.15) is 5.10 Å². The SMILES string of the molecule is CCNC(Cc1cc(C)nn1C)c1ccc(CC)cc1. The van der Waals surface area contributed by atoms with Crippen molar-refractivity contribution in [1.82, 2.24) is 15.1 Å². The van der Waals surface area contributed by atoms with Crippen LogP contribution in [0.25, 0.3) is 0 Å². The summed E-state index contributed by atoms with van der Waals surface area (Å²) in [7, 11) is 2.02. The van der Waals surface area contributed by atoms with E-state index in [1.165, 1.54) is 16.8 Å². The van der Waals surface area contributed by atoms with E-state index >= 15 is 0 Å². The third-order valence-corrected chi connectivity index (χ3v) is 3.75. The Bertz CT molecular complexity index is 540. The molecule has 1 atom stereocenters. The Morgan fingerprint density at radius 1 is 1.20 bits per heavy atom. The molecule has 1 aromatic heterocycles. The summed E-state index contributed by atoms with van der Waals surface area (Å²) in [6.45, 7) is 7.36. The van der Waals surface area contributed by atoms with Gasteiger partial charge >= 0.3 is 0 Å². The van der Waals surface area contributed by atoms with Gasteiger partial charge in [0.15, 0.2) is 0 Å². The van der Waals surface area contributed by atoms with E-state index in [-0.39, 0.29) is 0 Å². The Hall–Kier alpha value is -1.61. The van der Waals surface area contributed by atoms with Crippen molar-refractivity contribution in [1.29, 1.82) is 0 Å². The maximum absolute atomic E-state index is 4.43. The van der Waals surface area contributed by atoms with Crippen LogP contribution in [0.2, 0.25) is 0 Å². The molecule has 1 N–H and O–H groups in total. The second-order valence-corrected chi connectivity index (χ2v) is 5.31. The first-order chi connectivity index (χ1) is 9.63. The maximum Gasteiger partial charge on any atom is 0.0596 e. The highest BCUT2D eigenvalue weighted by atomic mass is 15.3. The highest BCUT2D eigenvalue weighted by molar-refractivity contribution is 5.26. The van der Waals surface area contributed by atoms with Crippen LogP contribution in [0.5, 0.6) is 0 Å². The zero-order valence-corrected chi connectivity index (χ0v) is 13.0. The van der Waals surface area contributed by atoms with Crippen LogP contribution in [0.1, 0.15) is 42.4 Å². The molecule has 1 aromatic carbocycles. The summed E-state index contributed by atoms with van der Waals surface area (Å²) in [6, 6.07) is 11.5. The van der Waals surface area contributed by atoms with Crippen LogP contribution >= 0.6 is 0 Å². The second kappa shape index (κ2) is 6.71. The molecule has 0 amide bonds. The lowest BCUT2D eigenvalue weighted by molar-refractivity contribution is 0.528. The first kappa shape index (κ1) is 14.8. The molecule has 1 heterocycles. The number of rotatable bonds is 6. The van der Waals surface area contributed by atoms with Crippen LogP contribution in [0.3, 0.4) is 0 Å². The molecule has 0 radical (unpaired) electrons. The number of hydrogen-bond acceptors (Lipinski definition) is 2. The van der Waals surface area contributed by atoms with Crippen LogP contribution in [-0.4, -0.2) is 16.3 Å². The van der Waals surface area contributed by atoms with Crippen molar-refractivity contribution in [2.75, 3.05) is 6.54 Å². The van der Waals surface area contributed by atoms with E-state index in [1.807, 2.05) is 18.7 Å². The Labute approximate surface area is 122 Å². The first-order valence-electron chi connectivity index (χ1n) is 7.45. The van der Waals surface area contributed by atoms with Crippen molar-refractivity contribution < 1.29 is 0 Å². The van der Waals surface area contributed by atoms with Crippen LogP contribution in [0.15, 0.2) is 30.3 Å². The van der Waals surface area contributed by atoms with E-state index in [0.29, 0.717) is 6.04 Å². The van der Waals surface area contributed by atoms with Gasteiger partial charge in [-0.1, -0.05) is 38.1 Å². The van der Waals surface area contributed by atoms with Gasteiger partial charge in [-0.25, -0.2) is 0 Å². The molecule has 0 bridgehead atoms. The van der Waals surface area contributed by atoms with E-state index < -0.39 is 0 Å². The molecule has 3 heteroatoms. The highest BCUT2D eigenvalue weighted by Crippen LogP contribution is 2.19. The number of aryl methyl sites for hydroxylation is 3. The summed E-state index contributed by atoms with van der Waals surface area (Å²) >= 11 is 0. The van der Waals surface area contributed by atoms with Crippen molar-refractivity contribution >= 4 is 0 Å². The number of aromatic nitrogens is 2. The first-order valence-corrected chi connectivity index (χ1v) is 7.45. The maximum atomic E-state index is 4.43. The number of likely N-dealkylation sites (N-methyl/N-ethyl adjacent to an activating group) is 1. The van der Waals surface area contributed by atoms with Gasteiger partial charge < -0.3 is 5.32 Å². The monoisotopic (exact) mass is 271 g/mol. The fourth-order valence-electron chi connectivity index (χ4n) is 2.60. The smallest absolute Gasteiger partial charge is 0.0596 e. The van der Waals surface area contributed by atoms with Crippen molar-refractivity contribution in [2.45, 2.75) is 39.7 Å². The van der Waals surface area contributed by atoms with Crippen molar-refractivity contribution in [3.05, 3.63) is 52.8 Å². The zero-order chi connectivity index (χ0) is 14.5. The van der Waals surface area contributed by atoms with Gasteiger partial charge in [0.1, 0.15) is 0 Å². The van der Waals surface area contributed by atoms with E-state index in [9.17, 15) is 0 Å². The molecule has 1 unspecified atom stereocenters. The van der Waals surface area contributed by atoms with Gasteiger partial charge in [0.05, 0.1) is 5.69 Å². The molecule has 0 aliphatic heterocycles. The average Bonchev–Trinajstić information content (AvgIpc) is 2.76. The molecule has 108 valence electrons. The fourth-order valence-corrected chi connectivity index (χ4v) is 2.60. The van der Waals surface area contributed by atoms with Crippen LogP contribution < -0.4 is 5.32 Å². The lowest BCUT2D eigenvalue weighted by Crippen LogP contribution is -2.23. The van der Waals surface area contributed by atoms with E-state index in [0.717, 1.165) is 25.1 Å². The molecular formula is C17H25N3. The number of nitrogens with zero attached hydrogens (tertiary/aromatic N) is 2. The second-order valence-electron chi connectivity index (χ2n) is 5.31. The van der Waals surface area contributed by atoms with Gasteiger partial charge in [-0.3, -0.25) is 4.68 Å². The summed E-state index contributed by atoms with van der Waals surface area (Å²) in [4.78, 5) is 0. The molecule has 2 aromatic rings. The molecule has 20 heavy (non-hydrogen) atoms. The highest BCUT2D eigenvalue weighted by Gasteiger charge is 2.13. The zero-order valence-electron chi connectivity index (χ0n) is 13.0. The minimum atomic E-state index is 0.348. The van der Waals surface area contributed by atoms with Gasteiger partial charge in [-0.05, 0) is 37.1 Å². The summed E-state index contributed by atoms with van der Waals surface area (Å²) < 4.78 is 1.99. The molecule has 0 aliphatic carbocycles. The topological polar surface area (TPSA) is 29.9 Å². The molecule has 2 rings (SSSR count). The molecule has 0 saturated carbocycles. The summed E-state index contributed by atoms with van der Waals surface area (Å²) in [5, 5.41) is 8.01. The molecular weight excluding hydrogens is 246 g/mol. The number of nitrogens with one attached hydrogen (secondary N) is 1. The van der Waals surface area contributed by atoms with Crippen LogP contribution in [0.4, 0.5) is 0 Å². The lowest BCUT2D eigenvalue weighted by atomic mass is 9.99. The quantitative estimate of drug-likeness (QED) is 0.874. The van der Waals surface area contributed by atoms with Crippen molar-refractivity contribution in [3.63, 3.8) is 0 Å². The number of hydrogen-bond donors (Lipinski definition) is 1. The largest absolute Gasteiger partial charge is 0.310 e. The standard InChI is InChI=1S/C17H25N3/c1-5-14-7-9-15(10-8-14)17(18-6-2)12-16-11-13(3)19-20(16)4/h7-11,17-18H,5-6,12H2,1-4H3. The summed E-state index contributed by atoms with van der Waals surface area (Å²) in [6.07, 6.45) is 2.06. The molecule has 0 spiro atoms. The molecule has 0 fully saturated rings. The third-order valence-electron chi connectivity index (χ3n) is 3.75. The fraction of sp³-hybridized carbons (Fsp3) is 0.471.